The van der Waals surface area contributed by atoms with E-state index >= 15 is 0 Å². The van der Waals surface area contributed by atoms with Crippen LogP contribution in [-0.2, 0) is 4.79 Å². The van der Waals surface area contributed by atoms with Gasteiger partial charge < -0.3 is 14.8 Å². The molecule has 0 unspecified atom stereocenters. The van der Waals surface area contributed by atoms with E-state index in [0.717, 1.165) is 42.7 Å². The van der Waals surface area contributed by atoms with E-state index in [2.05, 4.69) is 12.2 Å². The Morgan fingerprint density at radius 1 is 1.26 bits per heavy atom. The van der Waals surface area contributed by atoms with Crippen molar-refractivity contribution < 1.29 is 14.3 Å². The second kappa shape index (κ2) is 9.22. The van der Waals surface area contributed by atoms with Gasteiger partial charge in [-0.05, 0) is 75.0 Å². The predicted octanol–water partition coefficient (Wildman–Crippen LogP) is 4.26. The Bertz CT molecular complexity index is 726. The van der Waals surface area contributed by atoms with Crippen LogP contribution in [0.2, 0.25) is 0 Å². The van der Waals surface area contributed by atoms with Crippen molar-refractivity contribution in [2.75, 3.05) is 13.2 Å². The van der Waals surface area contributed by atoms with E-state index in [1.54, 1.807) is 4.90 Å². The van der Waals surface area contributed by atoms with Crippen LogP contribution in [0.15, 0.2) is 23.9 Å². The molecule has 1 saturated heterocycles. The Morgan fingerprint density at radius 2 is 2.04 bits per heavy atom. The summed E-state index contributed by atoms with van der Waals surface area (Å²) in [7, 11) is 0. The molecule has 6 heteroatoms. The SMILES string of the molecule is CCCCN1C(=O)/C(=C\c2ccc(OC3CCCC3)c(OCC)c2)NC1=S. The molecule has 1 aliphatic heterocycles. The quantitative estimate of drug-likeness (QED) is 0.533. The van der Waals surface area contributed by atoms with Gasteiger partial charge in [-0.1, -0.05) is 19.4 Å². The van der Waals surface area contributed by atoms with Crippen molar-refractivity contribution in [3.8, 4) is 11.5 Å². The van der Waals surface area contributed by atoms with Crippen molar-refractivity contribution >= 4 is 29.3 Å². The van der Waals surface area contributed by atoms with Crippen molar-refractivity contribution in [2.24, 2.45) is 0 Å². The second-order valence-corrected chi connectivity index (χ2v) is 7.35. The highest BCUT2D eigenvalue weighted by Crippen LogP contribution is 2.33. The number of rotatable bonds is 8. The van der Waals surface area contributed by atoms with E-state index in [-0.39, 0.29) is 12.0 Å². The third-order valence-corrected chi connectivity index (χ3v) is 5.19. The molecule has 0 bridgehead atoms. The molecule has 1 saturated carbocycles. The molecule has 1 aromatic carbocycles. The summed E-state index contributed by atoms with van der Waals surface area (Å²) in [5.74, 6) is 1.42. The summed E-state index contributed by atoms with van der Waals surface area (Å²) in [6, 6.07) is 5.81. The first-order valence-corrected chi connectivity index (χ1v) is 10.3. The number of carbonyl (C=O) groups is 1. The third-order valence-electron chi connectivity index (χ3n) is 4.87. The van der Waals surface area contributed by atoms with Crippen LogP contribution >= 0.6 is 12.2 Å². The highest BCUT2D eigenvalue weighted by molar-refractivity contribution is 7.80. The van der Waals surface area contributed by atoms with Crippen LogP contribution < -0.4 is 14.8 Å². The molecule has 1 N–H and O–H groups in total. The van der Waals surface area contributed by atoms with Gasteiger partial charge in [0.05, 0.1) is 12.7 Å². The summed E-state index contributed by atoms with van der Waals surface area (Å²) in [4.78, 5) is 14.2. The zero-order chi connectivity index (χ0) is 19.2. The number of hydrogen-bond donors (Lipinski definition) is 1. The molecule has 1 aromatic rings. The van der Waals surface area contributed by atoms with E-state index in [9.17, 15) is 4.79 Å². The Labute approximate surface area is 166 Å². The molecule has 1 heterocycles. The lowest BCUT2D eigenvalue weighted by Crippen LogP contribution is -2.31. The monoisotopic (exact) mass is 388 g/mol. The van der Waals surface area contributed by atoms with E-state index < -0.39 is 0 Å². The summed E-state index contributed by atoms with van der Waals surface area (Å²) >= 11 is 5.30. The summed E-state index contributed by atoms with van der Waals surface area (Å²) in [6.45, 7) is 5.26. The summed E-state index contributed by atoms with van der Waals surface area (Å²) in [5, 5.41) is 3.51. The fourth-order valence-electron chi connectivity index (χ4n) is 3.42. The van der Waals surface area contributed by atoms with Gasteiger partial charge in [-0.3, -0.25) is 9.69 Å². The van der Waals surface area contributed by atoms with E-state index in [4.69, 9.17) is 21.7 Å². The van der Waals surface area contributed by atoms with Crippen LogP contribution in [0.5, 0.6) is 11.5 Å². The van der Waals surface area contributed by atoms with Gasteiger partial charge in [0, 0.05) is 6.54 Å². The molecule has 5 nitrogen and oxygen atoms in total. The number of amides is 1. The van der Waals surface area contributed by atoms with Crippen LogP contribution in [-0.4, -0.2) is 35.2 Å². The largest absolute Gasteiger partial charge is 0.490 e. The molecule has 1 aliphatic carbocycles. The zero-order valence-electron chi connectivity index (χ0n) is 16.1. The lowest BCUT2D eigenvalue weighted by molar-refractivity contribution is -0.122. The van der Waals surface area contributed by atoms with E-state index in [0.29, 0.717) is 24.0 Å². The Kier molecular flexibility index (Phi) is 6.72. The molecule has 2 fully saturated rings. The Hall–Kier alpha value is -2.08. The second-order valence-electron chi connectivity index (χ2n) is 6.96. The smallest absolute Gasteiger partial charge is 0.276 e. The predicted molar refractivity (Wildman–Crippen MR) is 111 cm³/mol. The first kappa shape index (κ1) is 19.7. The standard InChI is InChI=1S/C21H28N2O3S/c1-3-5-12-23-20(24)17(22-21(23)27)13-15-10-11-18(19(14-15)25-4-2)26-16-8-6-7-9-16/h10-11,13-14,16H,3-9,12H2,1-2H3,(H,22,27)/b17-13+. The lowest BCUT2D eigenvalue weighted by Gasteiger charge is -2.17. The molecule has 3 rings (SSSR count). The number of unbranched alkanes of at least 4 members (excludes halogenated alkanes) is 1. The number of nitrogens with zero attached hydrogens (tertiary/aromatic N) is 1. The molecular formula is C21H28N2O3S. The minimum atomic E-state index is -0.0716. The Morgan fingerprint density at radius 3 is 2.74 bits per heavy atom. The zero-order valence-corrected chi connectivity index (χ0v) is 16.9. The lowest BCUT2D eigenvalue weighted by atomic mass is 10.1. The first-order chi connectivity index (χ1) is 13.1. The molecule has 146 valence electrons. The van der Waals surface area contributed by atoms with Gasteiger partial charge in [-0.2, -0.15) is 0 Å². The van der Waals surface area contributed by atoms with Gasteiger partial charge in [0.25, 0.3) is 5.91 Å². The van der Waals surface area contributed by atoms with Crippen LogP contribution in [0.25, 0.3) is 6.08 Å². The average molecular weight is 389 g/mol. The van der Waals surface area contributed by atoms with Crippen LogP contribution in [0, 0.1) is 0 Å². The normalized spacial score (nSPS) is 19.0. The third kappa shape index (κ3) is 4.80. The highest BCUT2D eigenvalue weighted by Gasteiger charge is 2.30. The van der Waals surface area contributed by atoms with Crippen molar-refractivity contribution in [1.82, 2.24) is 10.2 Å². The minimum Gasteiger partial charge on any atom is -0.490 e. The Balaban J connectivity index is 1.78. The number of ether oxygens (including phenoxy) is 2. The van der Waals surface area contributed by atoms with Crippen molar-refractivity contribution in [3.05, 3.63) is 29.5 Å². The highest BCUT2D eigenvalue weighted by atomic mass is 32.1. The first-order valence-electron chi connectivity index (χ1n) is 9.90. The summed E-state index contributed by atoms with van der Waals surface area (Å²) in [6.07, 6.45) is 8.69. The topological polar surface area (TPSA) is 50.8 Å². The molecule has 0 aromatic heterocycles. The van der Waals surface area contributed by atoms with Gasteiger partial charge in [0.15, 0.2) is 16.6 Å². The van der Waals surface area contributed by atoms with Gasteiger partial charge in [-0.15, -0.1) is 0 Å². The molecule has 2 aliphatic rings. The van der Waals surface area contributed by atoms with Crippen LogP contribution in [0.4, 0.5) is 0 Å². The van der Waals surface area contributed by atoms with E-state index in [1.807, 2.05) is 31.2 Å². The summed E-state index contributed by atoms with van der Waals surface area (Å²) in [5.41, 5.74) is 1.39. The fraction of sp³-hybridized carbons (Fsp3) is 0.524. The van der Waals surface area contributed by atoms with Crippen LogP contribution in [0.1, 0.15) is 57.9 Å². The van der Waals surface area contributed by atoms with E-state index in [1.165, 1.54) is 12.8 Å². The maximum Gasteiger partial charge on any atom is 0.276 e. The molecule has 1 amide bonds. The van der Waals surface area contributed by atoms with Crippen molar-refractivity contribution in [1.29, 1.82) is 0 Å². The van der Waals surface area contributed by atoms with Gasteiger partial charge in [-0.25, -0.2) is 0 Å². The number of nitrogens with one attached hydrogen (secondary N) is 1. The molecule has 0 radical (unpaired) electrons. The maximum atomic E-state index is 12.6. The maximum absolute atomic E-state index is 12.6. The number of thiocarbonyl (C=S) groups is 1. The average Bonchev–Trinajstić information content (AvgIpc) is 3.25. The fourth-order valence-corrected chi connectivity index (χ4v) is 3.71. The van der Waals surface area contributed by atoms with Crippen molar-refractivity contribution in [2.45, 2.75) is 58.5 Å². The van der Waals surface area contributed by atoms with Crippen LogP contribution in [0.3, 0.4) is 0 Å². The molecular weight excluding hydrogens is 360 g/mol. The molecule has 27 heavy (non-hydrogen) atoms. The van der Waals surface area contributed by atoms with Gasteiger partial charge >= 0.3 is 0 Å². The van der Waals surface area contributed by atoms with Crippen molar-refractivity contribution in [3.63, 3.8) is 0 Å². The minimum absolute atomic E-state index is 0.0716. The molecule has 0 spiro atoms. The van der Waals surface area contributed by atoms with Gasteiger partial charge in [0.2, 0.25) is 0 Å². The summed E-state index contributed by atoms with van der Waals surface area (Å²) < 4.78 is 11.9. The number of carbonyl (C=O) groups excluding carboxylic acids is 1. The molecule has 0 atom stereocenters. The number of hydrogen-bond acceptors (Lipinski definition) is 4. The number of benzene rings is 1. The van der Waals surface area contributed by atoms with Gasteiger partial charge in [0.1, 0.15) is 5.70 Å².